The second-order valence-corrected chi connectivity index (χ2v) is 8.78. The van der Waals surface area contributed by atoms with Crippen molar-refractivity contribution in [2.75, 3.05) is 43.4 Å². The monoisotopic (exact) mass is 493 g/mol. The number of hydrogen-bond acceptors (Lipinski definition) is 7. The maximum Gasteiger partial charge on any atom is 0.226 e. The predicted molar refractivity (Wildman–Crippen MR) is 120 cm³/mol. The Labute approximate surface area is 180 Å². The number of hydrogen-bond donors (Lipinski definition) is 1. The number of nitrogens with one attached hydrogen (secondary N) is 1. The standard InChI is InChI=1S/C20H28IN7/c1-22-19-23-12-15(13-24-19)14-27-9-5-16(6-10-27)17-11-18(21)26-20(25-17)28-7-3-2-4-8-28/h11-13,16H,2-10,14H2,1H3,(H,22,23,24). The van der Waals surface area contributed by atoms with Crippen LogP contribution in [0, 0.1) is 3.70 Å². The lowest BCUT2D eigenvalue weighted by atomic mass is 9.93. The van der Waals surface area contributed by atoms with Crippen LogP contribution in [0.1, 0.15) is 49.3 Å². The van der Waals surface area contributed by atoms with Crippen molar-refractivity contribution >= 4 is 34.5 Å². The van der Waals surface area contributed by atoms with E-state index in [0.717, 1.165) is 55.2 Å². The first-order chi connectivity index (χ1) is 13.7. The van der Waals surface area contributed by atoms with Gasteiger partial charge in [-0.1, -0.05) is 0 Å². The van der Waals surface area contributed by atoms with Crippen LogP contribution in [0.15, 0.2) is 18.5 Å². The van der Waals surface area contributed by atoms with E-state index < -0.39 is 0 Å². The molecule has 0 bridgehead atoms. The molecule has 2 saturated heterocycles. The fourth-order valence-electron chi connectivity index (χ4n) is 4.08. The lowest BCUT2D eigenvalue weighted by Gasteiger charge is -2.32. The van der Waals surface area contributed by atoms with Crippen molar-refractivity contribution in [2.45, 2.75) is 44.6 Å². The number of rotatable bonds is 5. The summed E-state index contributed by atoms with van der Waals surface area (Å²) in [6, 6.07) is 2.18. The summed E-state index contributed by atoms with van der Waals surface area (Å²) in [6.07, 6.45) is 9.95. The van der Waals surface area contributed by atoms with Gasteiger partial charge in [0.05, 0.1) is 5.69 Å². The fourth-order valence-corrected chi connectivity index (χ4v) is 4.61. The highest BCUT2D eigenvalue weighted by molar-refractivity contribution is 14.1. The highest BCUT2D eigenvalue weighted by Crippen LogP contribution is 2.29. The largest absolute Gasteiger partial charge is 0.357 e. The van der Waals surface area contributed by atoms with E-state index >= 15 is 0 Å². The molecule has 2 aromatic heterocycles. The summed E-state index contributed by atoms with van der Waals surface area (Å²) < 4.78 is 1.06. The minimum atomic E-state index is 0.527. The average molecular weight is 493 g/mol. The van der Waals surface area contributed by atoms with E-state index in [9.17, 15) is 0 Å². The van der Waals surface area contributed by atoms with Crippen LogP contribution in [0.4, 0.5) is 11.9 Å². The summed E-state index contributed by atoms with van der Waals surface area (Å²) >= 11 is 2.34. The van der Waals surface area contributed by atoms with Crippen LogP contribution >= 0.6 is 22.6 Å². The predicted octanol–water partition coefficient (Wildman–Crippen LogP) is 3.28. The maximum atomic E-state index is 4.97. The van der Waals surface area contributed by atoms with Gasteiger partial charge >= 0.3 is 0 Å². The second-order valence-electron chi connectivity index (χ2n) is 7.68. The molecule has 0 saturated carbocycles. The quantitative estimate of drug-likeness (QED) is 0.507. The van der Waals surface area contributed by atoms with Gasteiger partial charge in [0.1, 0.15) is 3.70 Å². The van der Waals surface area contributed by atoms with Crippen molar-refractivity contribution in [3.05, 3.63) is 33.4 Å². The van der Waals surface area contributed by atoms with Crippen LogP contribution in [-0.4, -0.2) is 58.1 Å². The zero-order valence-corrected chi connectivity index (χ0v) is 18.6. The summed E-state index contributed by atoms with van der Waals surface area (Å²) in [5.74, 6) is 2.13. The molecule has 7 nitrogen and oxygen atoms in total. The Hall–Kier alpha value is -1.55. The molecule has 28 heavy (non-hydrogen) atoms. The highest BCUT2D eigenvalue weighted by atomic mass is 127. The Balaban J connectivity index is 1.37. The number of aromatic nitrogens is 4. The number of anilines is 2. The summed E-state index contributed by atoms with van der Waals surface area (Å²) in [4.78, 5) is 23.2. The number of likely N-dealkylation sites (tertiary alicyclic amines) is 1. The van der Waals surface area contributed by atoms with Gasteiger partial charge in [0.15, 0.2) is 0 Å². The molecule has 0 aliphatic carbocycles. The molecule has 2 aromatic rings. The van der Waals surface area contributed by atoms with Crippen molar-refractivity contribution in [3.63, 3.8) is 0 Å². The first-order valence-corrected chi connectivity index (χ1v) is 11.3. The van der Waals surface area contributed by atoms with E-state index in [0.29, 0.717) is 11.9 Å². The third-order valence-electron chi connectivity index (χ3n) is 5.68. The molecule has 0 spiro atoms. The van der Waals surface area contributed by atoms with Gasteiger partial charge in [-0.05, 0) is 73.9 Å². The zero-order valence-electron chi connectivity index (χ0n) is 16.4. The minimum absolute atomic E-state index is 0.527. The molecule has 0 radical (unpaired) electrons. The van der Waals surface area contributed by atoms with Crippen molar-refractivity contribution in [3.8, 4) is 0 Å². The van der Waals surface area contributed by atoms with E-state index in [1.165, 1.54) is 30.5 Å². The van der Waals surface area contributed by atoms with Crippen LogP contribution in [0.2, 0.25) is 0 Å². The number of nitrogens with zero attached hydrogens (tertiary/aromatic N) is 6. The summed E-state index contributed by atoms with van der Waals surface area (Å²) in [6.45, 7) is 5.26. The van der Waals surface area contributed by atoms with Gasteiger partial charge in [0, 0.05) is 50.6 Å². The molecular formula is C20H28IN7. The van der Waals surface area contributed by atoms with Crippen LogP contribution in [0.25, 0.3) is 0 Å². The smallest absolute Gasteiger partial charge is 0.226 e. The van der Waals surface area contributed by atoms with Gasteiger partial charge in [0.2, 0.25) is 11.9 Å². The molecule has 0 unspecified atom stereocenters. The van der Waals surface area contributed by atoms with Gasteiger partial charge in [-0.25, -0.2) is 19.9 Å². The third-order valence-corrected chi connectivity index (χ3v) is 6.24. The average Bonchev–Trinajstić information content (AvgIpc) is 2.75. The Kier molecular flexibility index (Phi) is 6.56. The van der Waals surface area contributed by atoms with E-state index in [2.05, 4.69) is 53.7 Å². The molecule has 4 heterocycles. The molecule has 2 aliphatic rings. The Morgan fingerprint density at radius 2 is 1.75 bits per heavy atom. The fraction of sp³-hybridized carbons (Fsp3) is 0.600. The first kappa shape index (κ1) is 19.8. The van der Waals surface area contributed by atoms with Crippen molar-refractivity contribution in [2.24, 2.45) is 0 Å². The van der Waals surface area contributed by atoms with Crippen molar-refractivity contribution in [1.29, 1.82) is 0 Å². The number of halogens is 1. The summed E-state index contributed by atoms with van der Waals surface area (Å²) in [7, 11) is 1.84. The SMILES string of the molecule is CNc1ncc(CN2CCC(c3cc(I)nc(N4CCCCC4)n3)CC2)cn1. The normalized spacial score (nSPS) is 19.0. The van der Waals surface area contributed by atoms with Gasteiger partial charge in [-0.2, -0.15) is 0 Å². The van der Waals surface area contributed by atoms with Gasteiger partial charge in [-0.15, -0.1) is 0 Å². The summed E-state index contributed by atoms with van der Waals surface area (Å²) in [5.41, 5.74) is 2.39. The Morgan fingerprint density at radius 1 is 1.04 bits per heavy atom. The molecule has 2 aliphatic heterocycles. The molecule has 0 atom stereocenters. The van der Waals surface area contributed by atoms with Crippen LogP contribution in [0.5, 0.6) is 0 Å². The molecule has 150 valence electrons. The zero-order chi connectivity index (χ0) is 19.3. The molecule has 0 aromatic carbocycles. The van der Waals surface area contributed by atoms with Crippen molar-refractivity contribution < 1.29 is 0 Å². The molecule has 1 N–H and O–H groups in total. The second kappa shape index (κ2) is 9.30. The van der Waals surface area contributed by atoms with Crippen LogP contribution in [0.3, 0.4) is 0 Å². The molecule has 2 fully saturated rings. The van der Waals surface area contributed by atoms with E-state index in [-0.39, 0.29) is 0 Å². The Bertz CT molecular complexity index is 769. The molecule has 4 rings (SSSR count). The minimum Gasteiger partial charge on any atom is -0.357 e. The van der Waals surface area contributed by atoms with E-state index in [4.69, 9.17) is 9.97 Å². The highest BCUT2D eigenvalue weighted by Gasteiger charge is 2.24. The first-order valence-electron chi connectivity index (χ1n) is 10.2. The molecular weight excluding hydrogens is 465 g/mol. The molecule has 8 heteroatoms. The topological polar surface area (TPSA) is 70.1 Å². The van der Waals surface area contributed by atoms with E-state index in [1.54, 1.807) is 0 Å². The van der Waals surface area contributed by atoms with Crippen molar-refractivity contribution in [1.82, 2.24) is 24.8 Å². The molecule has 0 amide bonds. The Morgan fingerprint density at radius 3 is 2.43 bits per heavy atom. The van der Waals surface area contributed by atoms with Crippen LogP contribution in [-0.2, 0) is 6.54 Å². The van der Waals surface area contributed by atoms with Gasteiger partial charge in [-0.3, -0.25) is 4.90 Å². The number of piperidine rings is 2. The van der Waals surface area contributed by atoms with Gasteiger partial charge < -0.3 is 10.2 Å². The van der Waals surface area contributed by atoms with Crippen LogP contribution < -0.4 is 10.2 Å². The summed E-state index contributed by atoms with van der Waals surface area (Å²) in [5, 5.41) is 2.96. The lowest BCUT2D eigenvalue weighted by Crippen LogP contribution is -2.34. The van der Waals surface area contributed by atoms with E-state index in [1.807, 2.05) is 19.4 Å². The lowest BCUT2D eigenvalue weighted by molar-refractivity contribution is 0.203. The third kappa shape index (κ3) is 4.89. The van der Waals surface area contributed by atoms with Gasteiger partial charge in [0.25, 0.3) is 0 Å². The maximum absolute atomic E-state index is 4.97.